The summed E-state index contributed by atoms with van der Waals surface area (Å²) < 4.78 is 5.91. The van der Waals surface area contributed by atoms with Gasteiger partial charge in [0.1, 0.15) is 6.10 Å². The van der Waals surface area contributed by atoms with Crippen LogP contribution in [0.1, 0.15) is 66.7 Å². The van der Waals surface area contributed by atoms with E-state index in [0.717, 1.165) is 25.7 Å². The fraction of sp³-hybridized carbons (Fsp3) is 0.864. The topological polar surface area (TPSA) is 66.8 Å². The van der Waals surface area contributed by atoms with E-state index in [9.17, 15) is 15.0 Å². The molecule has 0 aliphatic heterocycles. The highest BCUT2D eigenvalue weighted by atomic mass is 16.5. The predicted octanol–water partition coefficient (Wildman–Crippen LogP) is 3.70. The van der Waals surface area contributed by atoms with Crippen LogP contribution in [-0.4, -0.2) is 34.5 Å². The lowest BCUT2D eigenvalue weighted by Gasteiger charge is -2.63. The monoisotopic (exact) mass is 364 g/mol. The van der Waals surface area contributed by atoms with E-state index in [-0.39, 0.29) is 34.7 Å². The highest BCUT2D eigenvalue weighted by Gasteiger charge is 2.67. The molecule has 2 N–H and O–H groups in total. The molecule has 3 aliphatic carbocycles. The van der Waals surface area contributed by atoms with Gasteiger partial charge in [-0.15, -0.1) is 6.58 Å². The van der Waals surface area contributed by atoms with Crippen LogP contribution in [0, 0.1) is 34.0 Å². The molecule has 0 aromatic heterocycles. The van der Waals surface area contributed by atoms with E-state index in [4.69, 9.17) is 4.74 Å². The standard InChI is InChI=1S/C22H36O4/c1-7-20(5)12-17(26-15(4)23)21(6)13(2)8-10-22(14(3)19(20)25)11-9-16(24)18(21)22/h7,13-14,16-19,24-25H,1,8-12H2,2-6H3/t13-,14+,16-,17-,18?,19+,20-,21+,22+/m1/s1. The van der Waals surface area contributed by atoms with E-state index in [1.807, 2.05) is 13.0 Å². The molecule has 2 bridgehead atoms. The van der Waals surface area contributed by atoms with Gasteiger partial charge in [0, 0.05) is 17.8 Å². The molecule has 0 spiro atoms. The Morgan fingerprint density at radius 2 is 1.81 bits per heavy atom. The number of aliphatic hydroxyl groups is 2. The van der Waals surface area contributed by atoms with Crippen molar-refractivity contribution in [1.82, 2.24) is 0 Å². The van der Waals surface area contributed by atoms with Gasteiger partial charge in [0.15, 0.2) is 0 Å². The van der Waals surface area contributed by atoms with Crippen molar-refractivity contribution in [2.45, 2.75) is 85.0 Å². The summed E-state index contributed by atoms with van der Waals surface area (Å²) in [7, 11) is 0. The van der Waals surface area contributed by atoms with Crippen LogP contribution >= 0.6 is 0 Å². The van der Waals surface area contributed by atoms with E-state index < -0.39 is 17.6 Å². The second-order valence-electron chi connectivity index (χ2n) is 9.87. The van der Waals surface area contributed by atoms with Crippen LogP contribution in [0.3, 0.4) is 0 Å². The first-order valence-corrected chi connectivity index (χ1v) is 10.2. The van der Waals surface area contributed by atoms with E-state index >= 15 is 0 Å². The maximum Gasteiger partial charge on any atom is 0.302 e. The molecule has 0 heterocycles. The van der Waals surface area contributed by atoms with Crippen LogP contribution in [0.5, 0.6) is 0 Å². The third-order valence-electron chi connectivity index (χ3n) is 8.83. The van der Waals surface area contributed by atoms with Gasteiger partial charge in [-0.2, -0.15) is 0 Å². The van der Waals surface area contributed by atoms with E-state index in [1.165, 1.54) is 6.92 Å². The van der Waals surface area contributed by atoms with Crippen LogP contribution in [-0.2, 0) is 9.53 Å². The van der Waals surface area contributed by atoms with Crippen LogP contribution in [0.15, 0.2) is 12.7 Å². The van der Waals surface area contributed by atoms with Gasteiger partial charge in [0.05, 0.1) is 12.2 Å². The molecule has 9 atom stereocenters. The molecule has 4 nitrogen and oxygen atoms in total. The largest absolute Gasteiger partial charge is 0.462 e. The van der Waals surface area contributed by atoms with Gasteiger partial charge in [0.2, 0.25) is 0 Å². The Hall–Kier alpha value is -0.870. The van der Waals surface area contributed by atoms with Crippen molar-refractivity contribution < 1.29 is 19.7 Å². The highest BCUT2D eigenvalue weighted by molar-refractivity contribution is 5.66. The molecular weight excluding hydrogens is 328 g/mol. The Morgan fingerprint density at radius 3 is 2.38 bits per heavy atom. The minimum atomic E-state index is -0.566. The fourth-order valence-corrected chi connectivity index (χ4v) is 6.99. The number of ether oxygens (including phenoxy) is 1. The number of hydrogen-bond acceptors (Lipinski definition) is 4. The summed E-state index contributed by atoms with van der Waals surface area (Å²) in [5.74, 6) is 0.163. The predicted molar refractivity (Wildman–Crippen MR) is 101 cm³/mol. The number of carbonyl (C=O) groups excluding carboxylic acids is 1. The van der Waals surface area contributed by atoms with Crippen LogP contribution in [0.4, 0.5) is 0 Å². The highest BCUT2D eigenvalue weighted by Crippen LogP contribution is 2.68. The molecular formula is C22H36O4. The van der Waals surface area contributed by atoms with E-state index in [0.29, 0.717) is 12.3 Å². The van der Waals surface area contributed by atoms with Gasteiger partial charge in [-0.1, -0.05) is 33.8 Å². The van der Waals surface area contributed by atoms with Crippen molar-refractivity contribution in [3.8, 4) is 0 Å². The molecule has 3 saturated carbocycles. The zero-order valence-corrected chi connectivity index (χ0v) is 17.0. The van der Waals surface area contributed by atoms with Crippen LogP contribution in [0.2, 0.25) is 0 Å². The Labute approximate surface area is 158 Å². The molecule has 3 fully saturated rings. The molecule has 4 heteroatoms. The molecule has 0 aromatic rings. The fourth-order valence-electron chi connectivity index (χ4n) is 6.99. The Kier molecular flexibility index (Phi) is 4.85. The summed E-state index contributed by atoms with van der Waals surface area (Å²) in [6.07, 6.45) is 4.84. The molecule has 0 saturated heterocycles. The molecule has 148 valence electrons. The normalized spacial score (nSPS) is 54.0. The van der Waals surface area contributed by atoms with Gasteiger partial charge in [-0.25, -0.2) is 0 Å². The van der Waals surface area contributed by atoms with Crippen LogP contribution < -0.4 is 0 Å². The minimum Gasteiger partial charge on any atom is -0.462 e. The van der Waals surface area contributed by atoms with Gasteiger partial charge in [-0.3, -0.25) is 4.79 Å². The molecule has 3 aliphatic rings. The SMILES string of the molecule is C=C[C@]1(C)C[C@@H](OC(C)=O)[C@@]2(C)C3[C@H](O)CC[C@@]3(CC[C@H]2C)[C@@H](C)[C@@H]1O. The summed E-state index contributed by atoms with van der Waals surface area (Å²) in [5.41, 5.74) is -0.939. The number of aliphatic hydroxyl groups excluding tert-OH is 2. The maximum atomic E-state index is 12.0. The second-order valence-corrected chi connectivity index (χ2v) is 9.87. The molecule has 0 amide bonds. The second kappa shape index (κ2) is 6.34. The van der Waals surface area contributed by atoms with Crippen molar-refractivity contribution in [2.24, 2.45) is 34.0 Å². The molecule has 0 aromatic carbocycles. The van der Waals surface area contributed by atoms with Gasteiger partial charge < -0.3 is 14.9 Å². The molecule has 1 unspecified atom stereocenters. The average molecular weight is 365 g/mol. The van der Waals surface area contributed by atoms with Gasteiger partial charge in [0.25, 0.3) is 0 Å². The van der Waals surface area contributed by atoms with E-state index in [2.05, 4.69) is 27.4 Å². The Bertz CT molecular complexity index is 589. The molecule has 3 rings (SSSR count). The smallest absolute Gasteiger partial charge is 0.302 e. The third kappa shape index (κ3) is 2.51. The summed E-state index contributed by atoms with van der Waals surface area (Å²) in [6.45, 7) is 14.1. The third-order valence-corrected chi connectivity index (χ3v) is 8.83. The summed E-state index contributed by atoms with van der Waals surface area (Å²) in [4.78, 5) is 12.0. The lowest BCUT2D eigenvalue weighted by atomic mass is 9.43. The number of carbonyl (C=O) groups is 1. The zero-order chi connectivity index (χ0) is 19.5. The van der Waals surface area contributed by atoms with E-state index in [1.54, 1.807) is 0 Å². The zero-order valence-electron chi connectivity index (χ0n) is 17.0. The Balaban J connectivity index is 2.21. The number of esters is 1. The first-order valence-electron chi connectivity index (χ1n) is 10.2. The summed E-state index contributed by atoms with van der Waals surface area (Å²) in [5, 5.41) is 22.4. The molecule has 26 heavy (non-hydrogen) atoms. The summed E-state index contributed by atoms with van der Waals surface area (Å²) >= 11 is 0. The first kappa shape index (κ1) is 19.9. The van der Waals surface area contributed by atoms with Gasteiger partial charge >= 0.3 is 5.97 Å². The lowest BCUT2D eigenvalue weighted by Crippen LogP contribution is -2.63. The minimum absolute atomic E-state index is 0.0436. The van der Waals surface area contributed by atoms with Gasteiger partial charge in [-0.05, 0) is 55.3 Å². The van der Waals surface area contributed by atoms with Crippen molar-refractivity contribution in [2.75, 3.05) is 0 Å². The van der Waals surface area contributed by atoms with Crippen LogP contribution in [0.25, 0.3) is 0 Å². The van der Waals surface area contributed by atoms with Crippen molar-refractivity contribution in [1.29, 1.82) is 0 Å². The molecule has 0 radical (unpaired) electrons. The number of rotatable bonds is 2. The van der Waals surface area contributed by atoms with Crippen molar-refractivity contribution in [3.63, 3.8) is 0 Å². The number of hydrogen-bond donors (Lipinski definition) is 2. The first-order chi connectivity index (χ1) is 12.0. The quantitative estimate of drug-likeness (QED) is 0.579. The Morgan fingerprint density at radius 1 is 1.19 bits per heavy atom. The van der Waals surface area contributed by atoms with Crippen molar-refractivity contribution >= 4 is 5.97 Å². The average Bonchev–Trinajstić information content (AvgIpc) is 2.94. The lowest BCUT2D eigenvalue weighted by molar-refractivity contribution is -0.218. The maximum absolute atomic E-state index is 12.0. The van der Waals surface area contributed by atoms with Crippen molar-refractivity contribution in [3.05, 3.63) is 12.7 Å². The summed E-state index contributed by atoms with van der Waals surface area (Å²) in [6, 6.07) is 0.